The fourth-order valence-corrected chi connectivity index (χ4v) is 4.81. The minimum absolute atomic E-state index is 0. The van der Waals surface area contributed by atoms with E-state index in [0.717, 1.165) is 42.6 Å². The van der Waals surface area contributed by atoms with E-state index in [1.165, 1.54) is 5.56 Å². The van der Waals surface area contributed by atoms with Gasteiger partial charge in [0.05, 0.1) is 17.7 Å². The molecule has 5 nitrogen and oxygen atoms in total. The van der Waals surface area contributed by atoms with Gasteiger partial charge in [0.2, 0.25) is 0 Å². The van der Waals surface area contributed by atoms with Crippen molar-refractivity contribution in [2.45, 2.75) is 17.7 Å². The molecule has 0 saturated carbocycles. The Bertz CT molecular complexity index is 1150. The van der Waals surface area contributed by atoms with Gasteiger partial charge in [-0.1, -0.05) is 35.9 Å². The van der Waals surface area contributed by atoms with Crippen molar-refractivity contribution in [3.05, 3.63) is 76.8 Å². The van der Waals surface area contributed by atoms with Crippen molar-refractivity contribution in [1.29, 1.82) is 0 Å². The van der Waals surface area contributed by atoms with E-state index < -0.39 is 10.0 Å². The molecule has 0 aromatic heterocycles. The Morgan fingerprint density at radius 1 is 0.903 bits per heavy atom. The van der Waals surface area contributed by atoms with Gasteiger partial charge in [0.15, 0.2) is 0 Å². The number of rotatable bonds is 5. The third kappa shape index (κ3) is 5.33. The van der Waals surface area contributed by atoms with Gasteiger partial charge >= 0.3 is 0 Å². The van der Waals surface area contributed by atoms with Crippen LogP contribution in [-0.4, -0.2) is 28.6 Å². The Hall–Kier alpha value is -2.25. The molecule has 0 radical (unpaired) electrons. The first-order valence-corrected chi connectivity index (χ1v) is 11.6. The average Bonchev–Trinajstić information content (AvgIpc) is 2.98. The molecule has 0 atom stereocenters. The maximum atomic E-state index is 13.0. The van der Waals surface area contributed by atoms with Crippen LogP contribution in [0.5, 0.6) is 5.75 Å². The largest absolute Gasteiger partial charge is 0.495 e. The number of hydrogen-bond acceptors (Lipinski definition) is 4. The second kappa shape index (κ2) is 9.92. The number of hydrogen-bond donors (Lipinski definition) is 2. The molecule has 0 bridgehead atoms. The van der Waals surface area contributed by atoms with E-state index in [1.807, 2.05) is 36.4 Å². The summed E-state index contributed by atoms with van der Waals surface area (Å²) in [5, 5.41) is 4.02. The lowest BCUT2D eigenvalue weighted by molar-refractivity contribution is 0.416. The summed E-state index contributed by atoms with van der Waals surface area (Å²) in [5.41, 5.74) is 4.67. The lowest BCUT2D eigenvalue weighted by atomic mass is 10.0. The highest BCUT2D eigenvalue weighted by atomic mass is 35.5. The Labute approximate surface area is 194 Å². The first-order valence-electron chi connectivity index (χ1n) is 9.75. The quantitative estimate of drug-likeness (QED) is 0.545. The second-order valence-corrected chi connectivity index (χ2v) is 9.33. The molecule has 0 fully saturated rings. The zero-order chi connectivity index (χ0) is 21.1. The van der Waals surface area contributed by atoms with Gasteiger partial charge in [0.25, 0.3) is 10.0 Å². The van der Waals surface area contributed by atoms with Gasteiger partial charge in [-0.3, -0.25) is 4.72 Å². The summed E-state index contributed by atoms with van der Waals surface area (Å²) >= 11 is 5.94. The van der Waals surface area contributed by atoms with Crippen LogP contribution in [0.2, 0.25) is 5.02 Å². The normalized spacial score (nSPS) is 13.5. The molecule has 1 aliphatic heterocycles. The number of nitrogens with one attached hydrogen (secondary N) is 2. The summed E-state index contributed by atoms with van der Waals surface area (Å²) in [6.45, 7) is 1.78. The van der Waals surface area contributed by atoms with Gasteiger partial charge in [0.1, 0.15) is 5.75 Å². The molecule has 0 saturated heterocycles. The average molecular weight is 479 g/mol. The molecule has 0 unspecified atom stereocenters. The summed E-state index contributed by atoms with van der Waals surface area (Å²) in [5.74, 6) is 0.525. The first kappa shape index (κ1) is 23.4. The van der Waals surface area contributed by atoms with Crippen LogP contribution in [0.1, 0.15) is 11.1 Å². The Morgan fingerprint density at radius 3 is 2.03 bits per heavy atom. The molecule has 0 aliphatic carbocycles. The van der Waals surface area contributed by atoms with Gasteiger partial charge in [0, 0.05) is 5.02 Å². The molecule has 2 N–H and O–H groups in total. The van der Waals surface area contributed by atoms with Crippen molar-refractivity contribution in [2.75, 3.05) is 24.9 Å². The number of benzene rings is 3. The molecule has 4 rings (SSSR count). The summed E-state index contributed by atoms with van der Waals surface area (Å²) in [4.78, 5) is 0.193. The maximum absolute atomic E-state index is 13.0. The van der Waals surface area contributed by atoms with E-state index >= 15 is 0 Å². The number of ether oxygens (including phenoxy) is 1. The molecule has 1 aliphatic rings. The molecule has 1 heterocycles. The van der Waals surface area contributed by atoms with Gasteiger partial charge in [-0.2, -0.15) is 0 Å². The van der Waals surface area contributed by atoms with E-state index in [-0.39, 0.29) is 17.3 Å². The van der Waals surface area contributed by atoms with Crippen LogP contribution < -0.4 is 14.8 Å². The van der Waals surface area contributed by atoms with Crippen LogP contribution in [0.15, 0.2) is 65.6 Å². The third-order valence-corrected chi connectivity index (χ3v) is 6.88. The smallest absolute Gasteiger partial charge is 0.262 e. The van der Waals surface area contributed by atoms with Crippen LogP contribution in [0, 0.1) is 0 Å². The van der Waals surface area contributed by atoms with Gasteiger partial charge < -0.3 is 10.1 Å². The minimum atomic E-state index is -3.75. The molecule has 3 aromatic rings. The molecule has 0 spiro atoms. The molecule has 3 aromatic carbocycles. The highest BCUT2D eigenvalue weighted by molar-refractivity contribution is 7.92. The van der Waals surface area contributed by atoms with E-state index in [9.17, 15) is 8.42 Å². The topological polar surface area (TPSA) is 67.4 Å². The van der Waals surface area contributed by atoms with Crippen LogP contribution in [0.4, 0.5) is 5.69 Å². The summed E-state index contributed by atoms with van der Waals surface area (Å²) in [6, 6.07) is 18.0. The zero-order valence-corrected chi connectivity index (χ0v) is 19.4. The van der Waals surface area contributed by atoms with Crippen molar-refractivity contribution in [3.63, 3.8) is 0 Å². The van der Waals surface area contributed by atoms with Gasteiger partial charge in [-0.15, -0.1) is 12.4 Å². The molecule has 164 valence electrons. The van der Waals surface area contributed by atoms with Crippen molar-refractivity contribution in [1.82, 2.24) is 5.32 Å². The van der Waals surface area contributed by atoms with Crippen molar-refractivity contribution < 1.29 is 13.2 Å². The van der Waals surface area contributed by atoms with E-state index in [0.29, 0.717) is 16.5 Å². The van der Waals surface area contributed by atoms with Crippen molar-refractivity contribution in [2.24, 2.45) is 0 Å². The predicted octanol–water partition coefficient (Wildman–Crippen LogP) is 4.93. The monoisotopic (exact) mass is 478 g/mol. The standard InChI is InChI=1S/C23H23ClN2O3S.ClH/c1-29-23-15-19-11-13-25-12-10-18(19)14-22(23)26-30(27,28)21-8-4-17(5-9-21)16-2-6-20(24)7-3-16;/h2-9,14-15,25-26H,10-13H2,1H3;1H. The van der Waals surface area contributed by atoms with Crippen molar-refractivity contribution >= 4 is 39.7 Å². The second-order valence-electron chi connectivity index (χ2n) is 7.21. The Balaban J connectivity index is 0.00000272. The number of anilines is 1. The molecular formula is C23H24Cl2N2O3S. The lowest BCUT2D eigenvalue weighted by Gasteiger charge is -2.16. The third-order valence-electron chi connectivity index (χ3n) is 5.25. The summed E-state index contributed by atoms with van der Waals surface area (Å²) in [6.07, 6.45) is 1.74. The van der Waals surface area contributed by atoms with E-state index in [1.54, 1.807) is 31.4 Å². The molecule has 0 amide bonds. The Morgan fingerprint density at radius 2 is 1.45 bits per heavy atom. The summed E-state index contributed by atoms with van der Waals surface area (Å²) < 4.78 is 34.2. The number of fused-ring (bicyclic) bond motifs is 1. The molecular weight excluding hydrogens is 455 g/mol. The fraction of sp³-hybridized carbons (Fsp3) is 0.217. The SMILES string of the molecule is COc1cc2c(cc1NS(=O)(=O)c1ccc(-c3ccc(Cl)cc3)cc1)CCNCC2.Cl. The van der Waals surface area contributed by atoms with Crippen molar-refractivity contribution in [3.8, 4) is 16.9 Å². The van der Waals surface area contributed by atoms with Gasteiger partial charge in [-0.25, -0.2) is 8.42 Å². The zero-order valence-electron chi connectivity index (χ0n) is 17.0. The fourth-order valence-electron chi connectivity index (χ4n) is 3.62. The van der Waals surface area contributed by atoms with Crippen LogP contribution in [-0.2, 0) is 22.9 Å². The number of sulfonamides is 1. The maximum Gasteiger partial charge on any atom is 0.262 e. The molecule has 31 heavy (non-hydrogen) atoms. The van der Waals surface area contributed by atoms with Crippen LogP contribution >= 0.6 is 24.0 Å². The first-order chi connectivity index (χ1) is 14.5. The van der Waals surface area contributed by atoms with Crippen LogP contribution in [0.3, 0.4) is 0 Å². The predicted molar refractivity (Wildman–Crippen MR) is 128 cm³/mol. The number of halogens is 2. The highest BCUT2D eigenvalue weighted by Crippen LogP contribution is 2.32. The number of methoxy groups -OCH3 is 1. The highest BCUT2D eigenvalue weighted by Gasteiger charge is 2.19. The lowest BCUT2D eigenvalue weighted by Crippen LogP contribution is -2.16. The van der Waals surface area contributed by atoms with E-state index in [4.69, 9.17) is 16.3 Å². The van der Waals surface area contributed by atoms with Crippen LogP contribution in [0.25, 0.3) is 11.1 Å². The minimum Gasteiger partial charge on any atom is -0.495 e. The van der Waals surface area contributed by atoms with E-state index in [2.05, 4.69) is 10.0 Å². The Kier molecular flexibility index (Phi) is 7.49. The summed E-state index contributed by atoms with van der Waals surface area (Å²) in [7, 11) is -2.20. The molecule has 8 heteroatoms. The van der Waals surface area contributed by atoms with Gasteiger partial charge in [-0.05, 0) is 84.6 Å².